The van der Waals surface area contributed by atoms with E-state index in [0.29, 0.717) is 18.5 Å². The normalized spacial score (nSPS) is 31.3. The summed E-state index contributed by atoms with van der Waals surface area (Å²) in [6, 6.07) is 0.616. The number of likely N-dealkylation sites (N-methyl/N-ethyl adjacent to an activating group) is 1. The Morgan fingerprint density at radius 2 is 2.17 bits per heavy atom. The predicted octanol–water partition coefficient (Wildman–Crippen LogP) is 0.0672. The van der Waals surface area contributed by atoms with Crippen LogP contribution in [-0.2, 0) is 4.79 Å². The summed E-state index contributed by atoms with van der Waals surface area (Å²) in [5.41, 5.74) is 0. The van der Waals surface area contributed by atoms with Crippen molar-refractivity contribution in [3.8, 4) is 0 Å². The van der Waals surface area contributed by atoms with Crippen molar-refractivity contribution in [1.82, 2.24) is 9.80 Å². The molecule has 0 aliphatic carbocycles. The third kappa shape index (κ3) is 2.05. The lowest BCUT2D eigenvalue weighted by Gasteiger charge is -2.22. The number of aldehydes is 1. The Kier molecular flexibility index (Phi) is 3.23. The molecule has 0 saturated carbocycles. The average Bonchev–Trinajstić information content (AvgIpc) is 2.32. The minimum absolute atomic E-state index is 0.592. The van der Waals surface area contributed by atoms with E-state index in [1.807, 2.05) is 0 Å². The molecule has 1 fully saturated rings. The minimum Gasteiger partial charge on any atom is -0.305 e. The van der Waals surface area contributed by atoms with Gasteiger partial charge in [0.2, 0.25) is 0 Å². The van der Waals surface area contributed by atoms with E-state index in [2.05, 4.69) is 30.8 Å². The predicted molar refractivity (Wildman–Crippen MR) is 49.1 cm³/mol. The highest BCUT2D eigenvalue weighted by Gasteiger charge is 2.30. The Morgan fingerprint density at radius 3 is 2.58 bits per heavy atom. The highest BCUT2D eigenvalue weighted by atomic mass is 16.1. The highest BCUT2D eigenvalue weighted by molar-refractivity contribution is 5.52. The van der Waals surface area contributed by atoms with Crippen LogP contribution in [0, 0.1) is 5.92 Å². The monoisotopic (exact) mass is 170 g/mol. The van der Waals surface area contributed by atoms with E-state index in [1.54, 1.807) is 0 Å². The molecule has 3 nitrogen and oxygen atoms in total. The molecule has 0 aromatic heterocycles. The summed E-state index contributed by atoms with van der Waals surface area (Å²) in [6.07, 6.45) is 0.991. The van der Waals surface area contributed by atoms with Crippen molar-refractivity contribution in [3.05, 3.63) is 0 Å². The second kappa shape index (κ2) is 4.01. The Bertz CT molecular complexity index is 159. The molecule has 0 aromatic rings. The Balaban J connectivity index is 2.44. The van der Waals surface area contributed by atoms with Crippen molar-refractivity contribution in [1.29, 1.82) is 0 Å². The zero-order valence-electron chi connectivity index (χ0n) is 8.16. The van der Waals surface area contributed by atoms with Crippen LogP contribution in [0.2, 0.25) is 0 Å². The fourth-order valence-corrected chi connectivity index (χ4v) is 1.97. The third-order valence-corrected chi connectivity index (χ3v) is 2.64. The van der Waals surface area contributed by atoms with Gasteiger partial charge < -0.3 is 9.69 Å². The molecule has 70 valence electrons. The van der Waals surface area contributed by atoms with Gasteiger partial charge in [0.05, 0.1) is 6.54 Å². The Hall–Kier alpha value is -0.410. The minimum atomic E-state index is 0.592. The van der Waals surface area contributed by atoms with Gasteiger partial charge in [0, 0.05) is 19.1 Å². The van der Waals surface area contributed by atoms with Crippen LogP contribution in [0.4, 0.5) is 0 Å². The van der Waals surface area contributed by atoms with Gasteiger partial charge in [-0.05, 0) is 20.0 Å². The van der Waals surface area contributed by atoms with Crippen LogP contribution in [0.25, 0.3) is 0 Å². The molecule has 2 atom stereocenters. The molecule has 0 amide bonds. The molecular weight excluding hydrogens is 152 g/mol. The zero-order valence-corrected chi connectivity index (χ0v) is 8.16. The lowest BCUT2D eigenvalue weighted by molar-refractivity contribution is -0.108. The molecule has 12 heavy (non-hydrogen) atoms. The lowest BCUT2D eigenvalue weighted by atomic mass is 10.1. The summed E-state index contributed by atoms with van der Waals surface area (Å²) in [6.45, 7) is 4.93. The second-order valence-corrected chi connectivity index (χ2v) is 3.89. The number of hydrogen-bond donors (Lipinski definition) is 0. The van der Waals surface area contributed by atoms with Crippen LogP contribution in [-0.4, -0.2) is 55.9 Å². The molecule has 0 bridgehead atoms. The van der Waals surface area contributed by atoms with Crippen molar-refractivity contribution in [2.75, 3.05) is 33.7 Å². The molecule has 0 N–H and O–H groups in total. The maximum absolute atomic E-state index is 10.3. The Morgan fingerprint density at radius 1 is 1.50 bits per heavy atom. The first-order valence-corrected chi connectivity index (χ1v) is 4.47. The molecule has 0 radical (unpaired) electrons. The van der Waals surface area contributed by atoms with Gasteiger partial charge in [-0.1, -0.05) is 6.92 Å². The lowest BCUT2D eigenvalue weighted by Crippen LogP contribution is -2.34. The van der Waals surface area contributed by atoms with Crippen molar-refractivity contribution in [2.45, 2.75) is 13.0 Å². The van der Waals surface area contributed by atoms with Crippen LogP contribution < -0.4 is 0 Å². The van der Waals surface area contributed by atoms with Crippen LogP contribution >= 0.6 is 0 Å². The third-order valence-electron chi connectivity index (χ3n) is 2.64. The number of hydrogen-bond acceptors (Lipinski definition) is 3. The first-order chi connectivity index (χ1) is 5.65. The topological polar surface area (TPSA) is 23.6 Å². The summed E-state index contributed by atoms with van der Waals surface area (Å²) >= 11 is 0. The number of likely N-dealkylation sites (tertiary alicyclic amines) is 1. The van der Waals surface area contributed by atoms with E-state index in [4.69, 9.17) is 0 Å². The smallest absolute Gasteiger partial charge is 0.133 e. The zero-order chi connectivity index (χ0) is 9.14. The fourth-order valence-electron chi connectivity index (χ4n) is 1.97. The quantitative estimate of drug-likeness (QED) is 0.560. The van der Waals surface area contributed by atoms with E-state index in [9.17, 15) is 4.79 Å². The van der Waals surface area contributed by atoms with Gasteiger partial charge in [-0.3, -0.25) is 4.90 Å². The van der Waals surface area contributed by atoms with Crippen molar-refractivity contribution < 1.29 is 4.79 Å². The van der Waals surface area contributed by atoms with Crippen LogP contribution in [0.5, 0.6) is 0 Å². The highest BCUT2D eigenvalue weighted by Crippen LogP contribution is 2.18. The molecule has 0 spiro atoms. The number of rotatable bonds is 3. The second-order valence-electron chi connectivity index (χ2n) is 3.89. The van der Waals surface area contributed by atoms with E-state index < -0.39 is 0 Å². The Labute approximate surface area is 74.3 Å². The van der Waals surface area contributed by atoms with Crippen LogP contribution in [0.1, 0.15) is 6.92 Å². The van der Waals surface area contributed by atoms with Gasteiger partial charge in [0.25, 0.3) is 0 Å². The van der Waals surface area contributed by atoms with Gasteiger partial charge >= 0.3 is 0 Å². The standard InChI is InChI=1S/C9H18N2O/c1-8-6-11(4-5-12)7-9(8)10(2)3/h5,8-9H,4,6-7H2,1-3H3. The van der Waals surface area contributed by atoms with Gasteiger partial charge in [0.15, 0.2) is 0 Å². The van der Waals surface area contributed by atoms with Gasteiger partial charge in [0.1, 0.15) is 6.29 Å². The maximum Gasteiger partial charge on any atom is 0.133 e. The fraction of sp³-hybridized carbons (Fsp3) is 0.889. The molecule has 1 saturated heterocycles. The summed E-state index contributed by atoms with van der Waals surface area (Å²) in [4.78, 5) is 14.7. The van der Waals surface area contributed by atoms with Gasteiger partial charge in [-0.15, -0.1) is 0 Å². The summed E-state index contributed by atoms with van der Waals surface area (Å²) in [5.74, 6) is 0.681. The van der Waals surface area contributed by atoms with E-state index in [-0.39, 0.29) is 0 Å². The van der Waals surface area contributed by atoms with Crippen molar-refractivity contribution in [3.63, 3.8) is 0 Å². The first kappa shape index (κ1) is 9.68. The molecule has 1 aliphatic heterocycles. The summed E-state index contributed by atoms with van der Waals surface area (Å²) < 4.78 is 0. The molecule has 1 heterocycles. The number of carbonyl (C=O) groups is 1. The van der Waals surface area contributed by atoms with Crippen LogP contribution in [0.15, 0.2) is 0 Å². The SMILES string of the molecule is CC1CN(CC=O)CC1N(C)C. The summed E-state index contributed by atoms with van der Waals surface area (Å²) in [5, 5.41) is 0. The molecule has 1 rings (SSSR count). The van der Waals surface area contributed by atoms with Crippen LogP contribution in [0.3, 0.4) is 0 Å². The maximum atomic E-state index is 10.3. The summed E-state index contributed by atoms with van der Waals surface area (Å²) in [7, 11) is 4.21. The average molecular weight is 170 g/mol. The van der Waals surface area contributed by atoms with Crippen molar-refractivity contribution in [2.24, 2.45) is 5.92 Å². The van der Waals surface area contributed by atoms with E-state index in [0.717, 1.165) is 19.4 Å². The van der Waals surface area contributed by atoms with Crippen molar-refractivity contribution >= 4 is 6.29 Å². The molecule has 1 aliphatic rings. The molecule has 0 aromatic carbocycles. The van der Waals surface area contributed by atoms with E-state index in [1.165, 1.54) is 0 Å². The van der Waals surface area contributed by atoms with Gasteiger partial charge in [-0.2, -0.15) is 0 Å². The molecular formula is C9H18N2O. The molecule has 3 heteroatoms. The molecule has 2 unspecified atom stereocenters. The van der Waals surface area contributed by atoms with Gasteiger partial charge in [-0.25, -0.2) is 0 Å². The largest absolute Gasteiger partial charge is 0.305 e. The first-order valence-electron chi connectivity index (χ1n) is 4.47. The number of nitrogens with zero attached hydrogens (tertiary/aromatic N) is 2. The van der Waals surface area contributed by atoms with E-state index >= 15 is 0 Å². The number of carbonyl (C=O) groups excluding carboxylic acids is 1.